The Balaban J connectivity index is 1.29. The number of nitrogens with one attached hydrogen (secondary N) is 1. The van der Waals surface area contributed by atoms with Crippen molar-refractivity contribution >= 4 is 56.3 Å². The lowest BCUT2D eigenvalue weighted by Gasteiger charge is -2.08. The van der Waals surface area contributed by atoms with E-state index in [0.717, 1.165) is 23.2 Å². The van der Waals surface area contributed by atoms with Crippen LogP contribution < -0.4 is 10.9 Å². The molecule has 0 aliphatic carbocycles. The molecule has 1 aromatic carbocycles. The first-order chi connectivity index (χ1) is 16.2. The molecule has 0 spiro atoms. The second-order valence-electron chi connectivity index (χ2n) is 7.45. The van der Waals surface area contributed by atoms with Crippen molar-refractivity contribution in [2.45, 2.75) is 24.5 Å². The van der Waals surface area contributed by atoms with Crippen molar-refractivity contribution in [1.29, 1.82) is 0 Å². The third-order valence-electron chi connectivity index (χ3n) is 5.22. The molecule has 0 saturated carbocycles. The Labute approximate surface area is 202 Å². The minimum Gasteiger partial charge on any atom is -0.355 e. The summed E-state index contributed by atoms with van der Waals surface area (Å²) in [6, 6.07) is 16.1. The van der Waals surface area contributed by atoms with Crippen molar-refractivity contribution < 1.29 is 4.79 Å². The summed E-state index contributed by atoms with van der Waals surface area (Å²) in [4.78, 5) is 26.5. The molecular formula is C23H21N5O2S3. The number of fused-ring (bicyclic) bond motifs is 3. The molecule has 5 aromatic rings. The van der Waals surface area contributed by atoms with Gasteiger partial charge in [0.05, 0.1) is 17.8 Å². The molecule has 1 N–H and O–H groups in total. The molecule has 4 aromatic heterocycles. The Kier molecular flexibility index (Phi) is 6.56. The van der Waals surface area contributed by atoms with Gasteiger partial charge in [0, 0.05) is 11.4 Å². The molecule has 0 saturated heterocycles. The van der Waals surface area contributed by atoms with Crippen LogP contribution in [0.3, 0.4) is 0 Å². The molecule has 4 heterocycles. The van der Waals surface area contributed by atoms with Crippen LogP contribution in [0.5, 0.6) is 0 Å². The molecule has 33 heavy (non-hydrogen) atoms. The summed E-state index contributed by atoms with van der Waals surface area (Å²) >= 11 is 4.34. The van der Waals surface area contributed by atoms with Gasteiger partial charge < -0.3 is 5.32 Å². The number of benzene rings is 1. The maximum absolute atomic E-state index is 13.1. The number of thiophene rings is 2. The van der Waals surface area contributed by atoms with Gasteiger partial charge in [-0.1, -0.05) is 48.2 Å². The van der Waals surface area contributed by atoms with Crippen molar-refractivity contribution in [3.8, 4) is 0 Å². The van der Waals surface area contributed by atoms with Crippen LogP contribution in [0.25, 0.3) is 16.0 Å². The number of thioether (sulfide) groups is 1. The van der Waals surface area contributed by atoms with Gasteiger partial charge in [-0.25, -0.2) is 0 Å². The number of carbonyl (C=O) groups is 1. The topological polar surface area (TPSA) is 81.3 Å². The smallest absolute Gasteiger partial charge is 0.273 e. The van der Waals surface area contributed by atoms with E-state index < -0.39 is 0 Å². The monoisotopic (exact) mass is 495 g/mol. The van der Waals surface area contributed by atoms with E-state index in [1.807, 2.05) is 51.6 Å². The average molecular weight is 496 g/mol. The predicted octanol–water partition coefficient (Wildman–Crippen LogP) is 4.06. The van der Waals surface area contributed by atoms with Gasteiger partial charge in [0.15, 0.2) is 5.16 Å². The first-order valence-electron chi connectivity index (χ1n) is 10.5. The summed E-state index contributed by atoms with van der Waals surface area (Å²) in [7, 11) is 0. The van der Waals surface area contributed by atoms with Gasteiger partial charge in [0.2, 0.25) is 11.7 Å². The SMILES string of the molecule is O=C(CSc1nnc2n(Cc3cccs3)c(=O)c3sccc3n12)NCCCc1ccccc1. The summed E-state index contributed by atoms with van der Waals surface area (Å²) in [6.45, 7) is 1.07. The highest BCUT2D eigenvalue weighted by molar-refractivity contribution is 7.99. The molecule has 0 aliphatic rings. The minimum atomic E-state index is -0.0685. The van der Waals surface area contributed by atoms with Crippen LogP contribution in [0.4, 0.5) is 0 Å². The fraction of sp³-hybridized carbons (Fsp3) is 0.217. The van der Waals surface area contributed by atoms with Crippen molar-refractivity contribution in [3.05, 3.63) is 80.1 Å². The molecule has 1 amide bonds. The van der Waals surface area contributed by atoms with E-state index in [2.05, 4.69) is 27.6 Å². The van der Waals surface area contributed by atoms with E-state index in [1.54, 1.807) is 15.9 Å². The van der Waals surface area contributed by atoms with Gasteiger partial charge in [-0.15, -0.1) is 32.9 Å². The quantitative estimate of drug-likeness (QED) is 0.246. The molecule has 5 rings (SSSR count). The van der Waals surface area contributed by atoms with Crippen molar-refractivity contribution in [2.75, 3.05) is 12.3 Å². The number of amides is 1. The zero-order valence-corrected chi connectivity index (χ0v) is 20.1. The molecule has 0 fully saturated rings. The molecule has 168 valence electrons. The normalized spacial score (nSPS) is 11.4. The number of carbonyl (C=O) groups excluding carboxylic acids is 1. The maximum atomic E-state index is 13.1. The van der Waals surface area contributed by atoms with Gasteiger partial charge in [-0.05, 0) is 41.3 Å². The summed E-state index contributed by atoms with van der Waals surface area (Å²) in [6.07, 6.45) is 1.82. The maximum Gasteiger partial charge on any atom is 0.273 e. The summed E-state index contributed by atoms with van der Waals surface area (Å²) in [5.74, 6) is 0.685. The molecule has 0 bridgehead atoms. The van der Waals surface area contributed by atoms with Crippen molar-refractivity contribution in [2.24, 2.45) is 0 Å². The largest absolute Gasteiger partial charge is 0.355 e. The number of nitrogens with zero attached hydrogens (tertiary/aromatic N) is 4. The fourth-order valence-corrected chi connectivity index (χ4v) is 5.93. The number of rotatable bonds is 9. The average Bonchev–Trinajstić information content (AvgIpc) is 3.59. The zero-order chi connectivity index (χ0) is 22.6. The minimum absolute atomic E-state index is 0.0433. The Morgan fingerprint density at radius 3 is 2.73 bits per heavy atom. The van der Waals surface area contributed by atoms with E-state index >= 15 is 0 Å². The molecule has 10 heteroatoms. The highest BCUT2D eigenvalue weighted by atomic mass is 32.2. The molecule has 0 unspecified atom stereocenters. The summed E-state index contributed by atoms with van der Waals surface area (Å²) in [5, 5.41) is 16.1. The second kappa shape index (κ2) is 9.90. The Hall–Kier alpha value is -2.95. The van der Waals surface area contributed by atoms with Crippen LogP contribution in [-0.2, 0) is 17.8 Å². The first kappa shape index (κ1) is 21.9. The van der Waals surface area contributed by atoms with Crippen LogP contribution in [0.2, 0.25) is 0 Å². The fourth-order valence-electron chi connectivity index (χ4n) is 3.64. The third-order valence-corrected chi connectivity index (χ3v) is 7.90. The lowest BCUT2D eigenvalue weighted by Crippen LogP contribution is -2.26. The van der Waals surface area contributed by atoms with E-state index in [-0.39, 0.29) is 17.2 Å². The van der Waals surface area contributed by atoms with Gasteiger partial charge in [-0.3, -0.25) is 18.6 Å². The summed E-state index contributed by atoms with van der Waals surface area (Å²) in [5.41, 5.74) is 1.98. The molecule has 7 nitrogen and oxygen atoms in total. The highest BCUT2D eigenvalue weighted by Gasteiger charge is 2.19. The van der Waals surface area contributed by atoms with Gasteiger partial charge in [0.25, 0.3) is 5.56 Å². The zero-order valence-electron chi connectivity index (χ0n) is 17.6. The van der Waals surface area contributed by atoms with E-state index in [1.165, 1.54) is 28.7 Å². The molecule has 0 radical (unpaired) electrons. The van der Waals surface area contributed by atoms with Gasteiger partial charge in [-0.2, -0.15) is 0 Å². The van der Waals surface area contributed by atoms with Crippen LogP contribution in [0, 0.1) is 0 Å². The Morgan fingerprint density at radius 2 is 1.91 bits per heavy atom. The van der Waals surface area contributed by atoms with Crippen molar-refractivity contribution in [1.82, 2.24) is 24.5 Å². The second-order valence-corrected chi connectivity index (χ2v) is 10.3. The number of aryl methyl sites for hydroxylation is 1. The number of hydrogen-bond donors (Lipinski definition) is 1. The lowest BCUT2D eigenvalue weighted by molar-refractivity contribution is -0.118. The van der Waals surface area contributed by atoms with E-state index in [0.29, 0.717) is 28.7 Å². The van der Waals surface area contributed by atoms with Gasteiger partial charge in [0.1, 0.15) is 4.70 Å². The Morgan fingerprint density at radius 1 is 1.03 bits per heavy atom. The predicted molar refractivity (Wildman–Crippen MR) is 135 cm³/mol. The first-order valence-corrected chi connectivity index (χ1v) is 13.3. The third kappa shape index (κ3) is 4.73. The molecule has 0 aliphatic heterocycles. The number of hydrogen-bond acceptors (Lipinski definition) is 7. The lowest BCUT2D eigenvalue weighted by atomic mass is 10.1. The van der Waals surface area contributed by atoms with Crippen LogP contribution in [0.15, 0.2) is 69.2 Å². The Bertz CT molecular complexity index is 1440. The van der Waals surface area contributed by atoms with Crippen molar-refractivity contribution in [3.63, 3.8) is 0 Å². The standard InChI is InChI=1S/C23H21N5O2S3/c29-19(24-11-4-8-16-6-2-1-3-7-16)15-33-23-26-25-22-27(14-17-9-5-12-31-17)21(30)20-18(28(22)23)10-13-32-20/h1-3,5-7,9-10,12-13H,4,8,11,14-15H2,(H,24,29). The molecular weight excluding hydrogens is 474 g/mol. The summed E-state index contributed by atoms with van der Waals surface area (Å²) < 4.78 is 4.20. The van der Waals surface area contributed by atoms with E-state index in [4.69, 9.17) is 0 Å². The van der Waals surface area contributed by atoms with Gasteiger partial charge >= 0.3 is 0 Å². The highest BCUT2D eigenvalue weighted by Crippen LogP contribution is 2.25. The van der Waals surface area contributed by atoms with E-state index in [9.17, 15) is 9.59 Å². The number of aromatic nitrogens is 4. The molecule has 0 atom stereocenters. The van der Waals surface area contributed by atoms with Crippen LogP contribution in [0.1, 0.15) is 16.9 Å². The van der Waals surface area contributed by atoms with Crippen LogP contribution in [-0.4, -0.2) is 37.4 Å². The van der Waals surface area contributed by atoms with Crippen LogP contribution >= 0.6 is 34.4 Å².